The molecule has 7 aromatic rings. The molecule has 7 aromatic carbocycles. The van der Waals surface area contributed by atoms with E-state index in [0.29, 0.717) is 16.9 Å². The zero-order chi connectivity index (χ0) is 50.7. The molecule has 0 unspecified atom stereocenters. The van der Waals surface area contributed by atoms with Crippen LogP contribution in [-0.4, -0.2) is 88.8 Å². The fourth-order valence-corrected chi connectivity index (χ4v) is 12.5. The molecule has 364 valence electrons. The van der Waals surface area contributed by atoms with Crippen molar-refractivity contribution >= 4 is 47.4 Å². The molecule has 13 nitrogen and oxygen atoms in total. The smallest absolute Gasteiger partial charge is 0.243 e. The highest BCUT2D eigenvalue weighted by Gasteiger charge is 2.33. The summed E-state index contributed by atoms with van der Waals surface area (Å²) in [5, 5.41) is 0. The van der Waals surface area contributed by atoms with Crippen molar-refractivity contribution in [2.45, 2.75) is 48.5 Å². The second-order valence-corrected chi connectivity index (χ2v) is 23.3. The first kappa shape index (κ1) is 50.5. The Morgan fingerprint density at radius 3 is 1.21 bits per heavy atom. The molecular weight excluding hydrogens is 959 g/mol. The van der Waals surface area contributed by atoms with E-state index in [2.05, 4.69) is 0 Å². The molecule has 0 saturated carbocycles. The topological polar surface area (TPSA) is 173 Å². The molecule has 1 aliphatic rings. The van der Waals surface area contributed by atoms with Crippen LogP contribution in [-0.2, 0) is 43.2 Å². The van der Waals surface area contributed by atoms with Gasteiger partial charge in [0.15, 0.2) is 17.3 Å². The van der Waals surface area contributed by atoms with Gasteiger partial charge in [0.25, 0.3) is 0 Å². The number of ether oxygens (including phenoxy) is 1. The third kappa shape index (κ3) is 11.2. The second-order valence-electron chi connectivity index (χ2n) is 17.4. The molecule has 0 amide bonds. The van der Waals surface area contributed by atoms with E-state index in [0.717, 1.165) is 29.6 Å². The number of aryl methyl sites for hydroxylation is 3. The van der Waals surface area contributed by atoms with Crippen molar-refractivity contribution < 1.29 is 44.4 Å². The Balaban J connectivity index is 1.30. The molecule has 8 rings (SSSR count). The van der Waals surface area contributed by atoms with Crippen LogP contribution in [0.5, 0.6) is 5.75 Å². The largest absolute Gasteiger partial charge is 0.497 e. The summed E-state index contributed by atoms with van der Waals surface area (Å²) >= 11 is 0. The van der Waals surface area contributed by atoms with Gasteiger partial charge in [0.2, 0.25) is 30.1 Å². The van der Waals surface area contributed by atoms with Crippen molar-refractivity contribution in [1.29, 1.82) is 0 Å². The summed E-state index contributed by atoms with van der Waals surface area (Å²) in [5.74, 6) is -1.20. The van der Waals surface area contributed by atoms with E-state index in [9.17, 15) is 39.6 Å². The Labute approximate surface area is 415 Å². The summed E-state index contributed by atoms with van der Waals surface area (Å²) < 4.78 is 97.0. The summed E-state index contributed by atoms with van der Waals surface area (Å²) in [7, 11) is -11.7. The second kappa shape index (κ2) is 20.8. The zero-order valence-electron chi connectivity index (χ0n) is 39.5. The standard InChI is InChI=1S/C55H51N3O10S3/c1-38-14-20-50(21-15-38)69(62,63)56-26-28-57(70(64,65)51-22-16-39(2)17-23-51)36-41-8-5-10-43(30-41)53(59)46-32-47(34-48(33-46)55(61)45-12-7-13-49(35-45)68-4)54(60)44-11-6-9-42(31-44)37-58(29-27-56)71(66,67)52-24-18-40(3)19-25-52/h5-25,30-35H,26-29,36-37H2,1-4H3. The number of fused-ring (bicyclic) bond motifs is 6. The van der Waals surface area contributed by atoms with Gasteiger partial charge in [0, 0.05) is 72.6 Å². The van der Waals surface area contributed by atoms with Crippen LogP contribution in [0, 0.1) is 20.8 Å². The highest BCUT2D eigenvalue weighted by atomic mass is 32.2. The number of methoxy groups -OCH3 is 1. The van der Waals surface area contributed by atoms with Crippen molar-refractivity contribution in [3.05, 3.63) is 225 Å². The van der Waals surface area contributed by atoms with E-state index in [1.54, 1.807) is 97.1 Å². The average Bonchev–Trinajstić information content (AvgIpc) is 3.37. The maximum Gasteiger partial charge on any atom is 0.243 e. The maximum absolute atomic E-state index is 14.7. The predicted molar refractivity (Wildman–Crippen MR) is 270 cm³/mol. The lowest BCUT2D eigenvalue weighted by atomic mass is 9.91. The first-order valence-electron chi connectivity index (χ1n) is 22.6. The Hall–Kier alpha value is -6.92. The van der Waals surface area contributed by atoms with Gasteiger partial charge >= 0.3 is 0 Å². The highest BCUT2D eigenvalue weighted by Crippen LogP contribution is 2.27. The number of ketones is 3. The van der Waals surface area contributed by atoms with Crippen molar-refractivity contribution in [2.24, 2.45) is 0 Å². The Kier molecular flexibility index (Phi) is 14.8. The summed E-state index contributed by atoms with van der Waals surface area (Å²) in [5.41, 5.74) is 3.73. The third-order valence-electron chi connectivity index (χ3n) is 12.3. The number of rotatable bonds is 9. The number of sulfonamides is 3. The lowest BCUT2D eigenvalue weighted by molar-refractivity contribution is 0.103. The van der Waals surface area contributed by atoms with Gasteiger partial charge in [-0.2, -0.15) is 12.9 Å². The van der Waals surface area contributed by atoms with Crippen LogP contribution in [0.4, 0.5) is 0 Å². The third-order valence-corrected chi connectivity index (χ3v) is 18.0. The molecule has 0 fully saturated rings. The van der Waals surface area contributed by atoms with Gasteiger partial charge in [0.05, 0.1) is 21.8 Å². The van der Waals surface area contributed by atoms with Gasteiger partial charge < -0.3 is 4.74 Å². The van der Waals surface area contributed by atoms with Crippen LogP contribution in [0.1, 0.15) is 75.6 Å². The fourth-order valence-electron chi connectivity index (χ4n) is 8.26. The summed E-state index contributed by atoms with van der Waals surface area (Å²) in [4.78, 5) is 43.3. The summed E-state index contributed by atoms with van der Waals surface area (Å²) in [6, 6.07) is 41.9. The van der Waals surface area contributed by atoms with Gasteiger partial charge in [-0.25, -0.2) is 25.3 Å². The van der Waals surface area contributed by atoms with Crippen molar-refractivity contribution in [2.75, 3.05) is 33.3 Å². The molecule has 0 saturated heterocycles. The van der Waals surface area contributed by atoms with Gasteiger partial charge in [-0.05, 0) is 111 Å². The van der Waals surface area contributed by atoms with E-state index in [1.165, 1.54) is 73.8 Å². The van der Waals surface area contributed by atoms with Gasteiger partial charge in [0.1, 0.15) is 5.75 Å². The van der Waals surface area contributed by atoms with Gasteiger partial charge in [-0.1, -0.05) is 102 Å². The SMILES string of the molecule is COc1cccc(C(=O)c2cc3cc(c2)C(=O)c2cccc(c2)CN(S(=O)(=O)c2ccc(C)cc2)CCN(S(=O)(=O)c2ccc(C)cc2)CCN(S(=O)(=O)c2ccc(C)cc2)Cc2cccc(c2)C3=O)c1. The molecular formula is C55H51N3O10S3. The average molecular weight is 1010 g/mol. The van der Waals surface area contributed by atoms with Crippen LogP contribution in [0.3, 0.4) is 0 Å². The number of benzene rings is 7. The summed E-state index contributed by atoms with van der Waals surface area (Å²) in [6.45, 7) is 3.25. The van der Waals surface area contributed by atoms with Crippen molar-refractivity contribution in [3.8, 4) is 5.75 Å². The molecule has 0 atom stereocenters. The zero-order valence-corrected chi connectivity index (χ0v) is 41.9. The number of hydrogen-bond donors (Lipinski definition) is 0. The van der Waals surface area contributed by atoms with E-state index < -0.39 is 60.5 Å². The minimum Gasteiger partial charge on any atom is -0.497 e. The fraction of sp³-hybridized carbons (Fsp3) is 0.182. The molecule has 0 spiro atoms. The molecule has 6 bridgehead atoms. The first-order valence-corrected chi connectivity index (χ1v) is 27.0. The van der Waals surface area contributed by atoms with E-state index >= 15 is 0 Å². The highest BCUT2D eigenvalue weighted by molar-refractivity contribution is 7.89. The van der Waals surface area contributed by atoms with Crippen molar-refractivity contribution in [3.63, 3.8) is 0 Å². The number of nitrogens with zero attached hydrogens (tertiary/aromatic N) is 3. The van der Waals surface area contributed by atoms with E-state index in [4.69, 9.17) is 4.74 Å². The van der Waals surface area contributed by atoms with Gasteiger partial charge in [-0.15, -0.1) is 0 Å². The van der Waals surface area contributed by atoms with Crippen LogP contribution in [0.25, 0.3) is 0 Å². The first-order chi connectivity index (χ1) is 33.8. The minimum absolute atomic E-state index is 0.00117. The van der Waals surface area contributed by atoms with Crippen LogP contribution >= 0.6 is 0 Å². The monoisotopic (exact) mass is 1010 g/mol. The molecule has 1 aliphatic heterocycles. The van der Waals surface area contributed by atoms with E-state index in [-0.39, 0.29) is 74.2 Å². The lowest BCUT2D eigenvalue weighted by Gasteiger charge is -2.30. The van der Waals surface area contributed by atoms with E-state index in [1.807, 2.05) is 20.8 Å². The number of hydrogen-bond acceptors (Lipinski definition) is 10. The quantitative estimate of drug-likeness (QED) is 0.128. The number of carbonyl (C=O) groups is 3. The predicted octanol–water partition coefficient (Wildman–Crippen LogP) is 8.40. The lowest BCUT2D eigenvalue weighted by Crippen LogP contribution is -2.44. The van der Waals surface area contributed by atoms with Crippen LogP contribution in [0.15, 0.2) is 178 Å². The van der Waals surface area contributed by atoms with Crippen LogP contribution < -0.4 is 4.74 Å². The Morgan fingerprint density at radius 1 is 0.423 bits per heavy atom. The number of carbonyl (C=O) groups excluding carboxylic acids is 3. The van der Waals surface area contributed by atoms with Crippen molar-refractivity contribution in [1.82, 2.24) is 12.9 Å². The van der Waals surface area contributed by atoms with Gasteiger partial charge in [-0.3, -0.25) is 14.4 Å². The molecule has 0 aliphatic carbocycles. The molecule has 0 radical (unpaired) electrons. The molecule has 0 N–H and O–H groups in total. The molecule has 1 heterocycles. The molecule has 16 heteroatoms. The molecule has 71 heavy (non-hydrogen) atoms. The normalized spacial score (nSPS) is 15.0. The molecule has 0 aromatic heterocycles. The minimum atomic E-state index is -4.41. The Morgan fingerprint density at radius 2 is 0.803 bits per heavy atom. The Bertz CT molecular complexity index is 3340. The summed E-state index contributed by atoms with van der Waals surface area (Å²) in [6.07, 6.45) is 0. The maximum atomic E-state index is 14.7. The van der Waals surface area contributed by atoms with Crippen LogP contribution in [0.2, 0.25) is 0 Å².